The average Bonchev–Trinajstić information content (AvgIpc) is 3.57. The van der Waals surface area contributed by atoms with E-state index in [0.29, 0.717) is 35.4 Å². The number of halogens is 5. The summed E-state index contributed by atoms with van der Waals surface area (Å²) in [6, 6.07) is 11.6. The molecular weight excluding hydrogens is 598 g/mol. The summed E-state index contributed by atoms with van der Waals surface area (Å²) in [5, 5.41) is 12.2. The summed E-state index contributed by atoms with van der Waals surface area (Å²) >= 11 is 13.7. The zero-order valence-corrected chi connectivity index (χ0v) is 24.6. The van der Waals surface area contributed by atoms with Crippen LogP contribution in [0.2, 0.25) is 10.0 Å². The topological polar surface area (TPSA) is 77.3 Å². The summed E-state index contributed by atoms with van der Waals surface area (Å²) in [6.45, 7) is 7.24. The molecule has 41 heavy (non-hydrogen) atoms. The van der Waals surface area contributed by atoms with Crippen molar-refractivity contribution in [3.63, 3.8) is 0 Å². The van der Waals surface area contributed by atoms with E-state index in [2.05, 4.69) is 9.97 Å². The molecule has 7 nitrogen and oxygen atoms in total. The number of carbonyl (C=O) groups excluding carboxylic acids is 1. The SMILES string of the molecule is CC(C)(C)C1CN(c2ccc(-c3ccc(-c4nc(C(F)(F)F)cn4-c4cc(Cl)ccc4Cl)s3)cn2)CCN1C(=O)[O-]. The van der Waals surface area contributed by atoms with Gasteiger partial charge >= 0.3 is 6.18 Å². The van der Waals surface area contributed by atoms with E-state index >= 15 is 0 Å². The Kier molecular flexibility index (Phi) is 7.73. The Morgan fingerprint density at radius 2 is 1.78 bits per heavy atom. The minimum atomic E-state index is -4.65. The van der Waals surface area contributed by atoms with Crippen LogP contribution in [-0.2, 0) is 6.18 Å². The molecule has 1 aliphatic rings. The second-order valence-corrected chi connectivity index (χ2v) is 12.7. The lowest BCUT2D eigenvalue weighted by Crippen LogP contribution is -2.62. The maximum atomic E-state index is 13.6. The van der Waals surface area contributed by atoms with Crippen molar-refractivity contribution in [1.82, 2.24) is 19.4 Å². The Hall–Kier alpha value is -3.28. The van der Waals surface area contributed by atoms with Crippen molar-refractivity contribution in [3.8, 4) is 26.8 Å². The van der Waals surface area contributed by atoms with Gasteiger partial charge in [-0.3, -0.25) is 4.57 Å². The number of hydrogen-bond acceptors (Lipinski definition) is 6. The van der Waals surface area contributed by atoms with Crippen LogP contribution < -0.4 is 10.0 Å². The van der Waals surface area contributed by atoms with Crippen LogP contribution >= 0.6 is 34.5 Å². The number of alkyl halides is 3. The van der Waals surface area contributed by atoms with Gasteiger partial charge in [-0.15, -0.1) is 11.3 Å². The zero-order chi connectivity index (χ0) is 29.7. The van der Waals surface area contributed by atoms with E-state index in [1.54, 1.807) is 24.4 Å². The number of pyridine rings is 1. The highest BCUT2D eigenvalue weighted by Gasteiger charge is 2.37. The molecule has 4 heterocycles. The first-order valence-corrected chi connectivity index (χ1v) is 14.2. The molecule has 1 aliphatic heterocycles. The Bertz CT molecular complexity index is 1580. The van der Waals surface area contributed by atoms with Gasteiger partial charge in [0.1, 0.15) is 11.9 Å². The van der Waals surface area contributed by atoms with Crippen molar-refractivity contribution < 1.29 is 23.1 Å². The number of benzene rings is 1. The largest absolute Gasteiger partial charge is 0.530 e. The number of rotatable bonds is 4. The number of imidazole rings is 1. The maximum absolute atomic E-state index is 13.6. The molecule has 0 saturated carbocycles. The molecule has 1 saturated heterocycles. The van der Waals surface area contributed by atoms with Gasteiger partial charge in [0.15, 0.2) is 11.5 Å². The second kappa shape index (κ2) is 10.8. The van der Waals surface area contributed by atoms with Gasteiger partial charge in [0.2, 0.25) is 0 Å². The molecule has 1 fully saturated rings. The van der Waals surface area contributed by atoms with Crippen LogP contribution in [0.25, 0.3) is 26.8 Å². The molecule has 0 bridgehead atoms. The van der Waals surface area contributed by atoms with Crippen LogP contribution in [-0.4, -0.2) is 51.2 Å². The van der Waals surface area contributed by atoms with Gasteiger partial charge in [0, 0.05) is 47.5 Å². The van der Waals surface area contributed by atoms with Crippen LogP contribution in [0.4, 0.5) is 23.8 Å². The number of carboxylic acid groups (broad SMARTS) is 1. The normalized spacial score (nSPS) is 16.3. The van der Waals surface area contributed by atoms with Crippen LogP contribution in [0, 0.1) is 5.41 Å². The summed E-state index contributed by atoms with van der Waals surface area (Å²) in [4.78, 5) is 24.9. The summed E-state index contributed by atoms with van der Waals surface area (Å²) in [5.74, 6) is 0.792. The lowest BCUT2D eigenvalue weighted by molar-refractivity contribution is -0.270. The van der Waals surface area contributed by atoms with E-state index in [1.807, 2.05) is 37.8 Å². The molecule has 0 radical (unpaired) electrons. The van der Waals surface area contributed by atoms with Gasteiger partial charge in [0.25, 0.3) is 0 Å². The quantitative estimate of drug-likeness (QED) is 0.248. The van der Waals surface area contributed by atoms with Crippen LogP contribution in [0.1, 0.15) is 26.5 Å². The minimum absolute atomic E-state index is 0.0846. The first kappa shape index (κ1) is 29.2. The highest BCUT2D eigenvalue weighted by atomic mass is 35.5. The van der Waals surface area contributed by atoms with Gasteiger partial charge in [0.05, 0.1) is 21.6 Å². The number of aromatic nitrogens is 3. The fraction of sp³-hybridized carbons (Fsp3) is 0.321. The monoisotopic (exact) mass is 622 g/mol. The minimum Gasteiger partial charge on any atom is -0.530 e. The maximum Gasteiger partial charge on any atom is 0.434 e. The Morgan fingerprint density at radius 3 is 2.41 bits per heavy atom. The van der Waals surface area contributed by atoms with E-state index < -0.39 is 18.0 Å². The van der Waals surface area contributed by atoms with Crippen molar-refractivity contribution in [2.45, 2.75) is 33.0 Å². The third-order valence-electron chi connectivity index (χ3n) is 6.96. The van der Waals surface area contributed by atoms with Crippen molar-refractivity contribution in [1.29, 1.82) is 0 Å². The van der Waals surface area contributed by atoms with Crippen LogP contribution in [0.3, 0.4) is 0 Å². The van der Waals surface area contributed by atoms with Crippen LogP contribution in [0.5, 0.6) is 0 Å². The highest BCUT2D eigenvalue weighted by Crippen LogP contribution is 2.39. The van der Waals surface area contributed by atoms with Gasteiger partial charge in [-0.05, 0) is 47.9 Å². The van der Waals surface area contributed by atoms with E-state index in [0.717, 1.165) is 16.6 Å². The van der Waals surface area contributed by atoms with Gasteiger partial charge in [-0.25, -0.2) is 9.97 Å². The summed E-state index contributed by atoms with van der Waals surface area (Å²) in [7, 11) is 0. The number of hydrogen-bond donors (Lipinski definition) is 0. The molecular formula is C28H25Cl2F3N5O2S-. The first-order chi connectivity index (χ1) is 19.2. The molecule has 13 heteroatoms. The molecule has 1 amide bonds. The number of nitrogens with zero attached hydrogens (tertiary/aromatic N) is 5. The highest BCUT2D eigenvalue weighted by molar-refractivity contribution is 7.18. The Labute approximate surface area is 248 Å². The molecule has 1 aromatic carbocycles. The molecule has 0 aliphatic carbocycles. The predicted octanol–water partition coefficient (Wildman–Crippen LogP) is 6.87. The van der Waals surface area contributed by atoms with Gasteiger partial charge in [-0.2, -0.15) is 13.2 Å². The van der Waals surface area contributed by atoms with Crippen molar-refractivity contribution in [3.05, 3.63) is 70.6 Å². The summed E-state index contributed by atoms with van der Waals surface area (Å²) in [6.07, 6.45) is -3.22. The molecule has 3 aromatic heterocycles. The molecule has 4 aromatic rings. The number of carbonyl (C=O) groups is 1. The smallest absolute Gasteiger partial charge is 0.434 e. The van der Waals surface area contributed by atoms with Crippen LogP contribution in [0.15, 0.2) is 54.9 Å². The van der Waals surface area contributed by atoms with Gasteiger partial charge < -0.3 is 19.7 Å². The summed E-state index contributed by atoms with van der Waals surface area (Å²) in [5.41, 5.74) is -0.276. The average molecular weight is 624 g/mol. The Morgan fingerprint density at radius 1 is 1.05 bits per heavy atom. The Balaban J connectivity index is 1.43. The zero-order valence-electron chi connectivity index (χ0n) is 22.2. The molecule has 0 N–H and O–H groups in total. The number of piperazine rings is 1. The second-order valence-electron chi connectivity index (χ2n) is 10.8. The summed E-state index contributed by atoms with van der Waals surface area (Å²) < 4.78 is 42.2. The molecule has 5 rings (SSSR count). The molecule has 1 unspecified atom stereocenters. The number of thiophene rings is 1. The van der Waals surface area contributed by atoms with Crippen molar-refractivity contribution >= 4 is 46.4 Å². The van der Waals surface area contributed by atoms with E-state index in [9.17, 15) is 23.1 Å². The standard InChI is InChI=1S/C28H26Cl2F3N5O2S/c1-27(2,3)23-15-36(10-11-37(23)26(39)40)24-9-4-16(13-34-24)20-7-8-21(41-20)25-35-22(28(31,32)33)14-38(25)19-12-17(29)5-6-18(19)30/h4-9,12-14,23H,10-11,15H2,1-3H3,(H,39,40)/p-1. The van der Waals surface area contributed by atoms with Gasteiger partial charge in [-0.1, -0.05) is 44.0 Å². The predicted molar refractivity (Wildman–Crippen MR) is 153 cm³/mol. The molecule has 0 spiro atoms. The first-order valence-electron chi connectivity index (χ1n) is 12.6. The lowest BCUT2D eigenvalue weighted by Gasteiger charge is -2.48. The molecule has 1 atom stereocenters. The molecule has 216 valence electrons. The van der Waals surface area contributed by atoms with E-state index in [-0.39, 0.29) is 28.0 Å². The third kappa shape index (κ3) is 6.02. The third-order valence-corrected chi connectivity index (χ3v) is 8.65. The van der Waals surface area contributed by atoms with E-state index in [1.165, 1.54) is 32.9 Å². The van der Waals surface area contributed by atoms with Crippen molar-refractivity contribution in [2.75, 3.05) is 24.5 Å². The van der Waals surface area contributed by atoms with Crippen molar-refractivity contribution in [2.24, 2.45) is 5.41 Å². The fourth-order valence-electron chi connectivity index (χ4n) is 4.83. The number of anilines is 1. The number of amides is 1. The fourth-order valence-corrected chi connectivity index (χ4v) is 6.19. The van der Waals surface area contributed by atoms with E-state index in [4.69, 9.17) is 23.2 Å². The lowest BCUT2D eigenvalue weighted by atomic mass is 9.84.